The fourth-order valence-corrected chi connectivity index (χ4v) is 2.03. The van der Waals surface area contributed by atoms with Crippen molar-refractivity contribution < 1.29 is 4.79 Å². The third-order valence-electron chi connectivity index (χ3n) is 2.94. The van der Waals surface area contributed by atoms with Crippen LogP contribution in [0.3, 0.4) is 0 Å². The first-order valence-corrected chi connectivity index (χ1v) is 5.74. The molecule has 90 valence electrons. The first-order valence-electron chi connectivity index (χ1n) is 5.74. The van der Waals surface area contributed by atoms with Gasteiger partial charge in [-0.2, -0.15) is 0 Å². The molecule has 0 fully saturated rings. The van der Waals surface area contributed by atoms with Crippen molar-refractivity contribution in [3.63, 3.8) is 0 Å². The van der Waals surface area contributed by atoms with E-state index in [0.29, 0.717) is 12.8 Å². The molecule has 2 heteroatoms. The number of carbonyl (C=O) groups excluding carboxylic acids is 1. The van der Waals surface area contributed by atoms with Gasteiger partial charge in [0, 0.05) is 12.8 Å². The van der Waals surface area contributed by atoms with Crippen LogP contribution in [0.5, 0.6) is 0 Å². The molecule has 17 heavy (non-hydrogen) atoms. The van der Waals surface area contributed by atoms with Gasteiger partial charge in [0.1, 0.15) is 0 Å². The maximum atomic E-state index is 11.9. The second kappa shape index (κ2) is 5.65. The van der Waals surface area contributed by atoms with Crippen LogP contribution in [0.25, 0.3) is 0 Å². The van der Waals surface area contributed by atoms with Gasteiger partial charge in [0.2, 0.25) is 0 Å². The molecule has 0 aliphatic carbocycles. The van der Waals surface area contributed by atoms with Crippen LogP contribution >= 0.6 is 0 Å². The van der Waals surface area contributed by atoms with E-state index in [1.807, 2.05) is 13.8 Å². The lowest BCUT2D eigenvalue weighted by molar-refractivity contribution is -0.119. The number of rotatable bonds is 4. The molecule has 0 spiro atoms. The summed E-state index contributed by atoms with van der Waals surface area (Å²) in [6.45, 7) is 6.10. The summed E-state index contributed by atoms with van der Waals surface area (Å²) in [5, 5.41) is 0. The summed E-state index contributed by atoms with van der Waals surface area (Å²) in [5.41, 5.74) is 10.3. The fraction of sp³-hybridized carbons (Fsp3) is 0.400. The van der Waals surface area contributed by atoms with Crippen molar-refractivity contribution in [2.45, 2.75) is 39.7 Å². The highest BCUT2D eigenvalue weighted by molar-refractivity contribution is 5.86. The van der Waals surface area contributed by atoms with Gasteiger partial charge in [-0.15, -0.1) is 12.3 Å². The predicted molar refractivity (Wildman–Crippen MR) is 70.8 cm³/mol. The number of hydrogen-bond donors (Lipinski definition) is 1. The van der Waals surface area contributed by atoms with Crippen LogP contribution in [-0.4, -0.2) is 11.8 Å². The highest BCUT2D eigenvalue weighted by atomic mass is 16.1. The highest BCUT2D eigenvalue weighted by Gasteiger charge is 2.15. The van der Waals surface area contributed by atoms with Crippen LogP contribution in [0, 0.1) is 33.1 Å². The molecule has 0 saturated heterocycles. The second-order valence-electron chi connectivity index (χ2n) is 4.54. The summed E-state index contributed by atoms with van der Waals surface area (Å²) in [4.78, 5) is 11.9. The minimum atomic E-state index is -0.542. The lowest BCUT2D eigenvalue weighted by Crippen LogP contribution is -2.31. The first kappa shape index (κ1) is 13.5. The molecule has 0 amide bonds. The quantitative estimate of drug-likeness (QED) is 0.803. The van der Waals surface area contributed by atoms with Crippen LogP contribution in [0.4, 0.5) is 0 Å². The molecular formula is C15H19NO. The molecule has 0 aliphatic rings. The van der Waals surface area contributed by atoms with Gasteiger partial charge >= 0.3 is 0 Å². The monoisotopic (exact) mass is 229 g/mol. The lowest BCUT2D eigenvalue weighted by Gasteiger charge is -2.13. The Bertz CT molecular complexity index is 445. The van der Waals surface area contributed by atoms with Crippen molar-refractivity contribution in [2.24, 2.45) is 5.73 Å². The molecule has 2 nitrogen and oxygen atoms in total. The van der Waals surface area contributed by atoms with Gasteiger partial charge in [0.25, 0.3) is 0 Å². The van der Waals surface area contributed by atoms with E-state index in [0.717, 1.165) is 16.7 Å². The maximum Gasteiger partial charge on any atom is 0.154 e. The standard InChI is InChI=1S/C15H19NO/c1-5-6-14(16)15(17)9-13-11(3)7-10(2)8-12(13)4/h1,7-8,14H,6,9,16H2,2-4H3. The van der Waals surface area contributed by atoms with E-state index in [1.165, 1.54) is 5.56 Å². The summed E-state index contributed by atoms with van der Waals surface area (Å²) in [7, 11) is 0. The Kier molecular flexibility index (Phi) is 4.48. The molecule has 0 aromatic heterocycles. The molecule has 1 unspecified atom stereocenters. The first-order chi connectivity index (χ1) is 7.95. The Balaban J connectivity index is 2.90. The Hall–Kier alpha value is -1.59. The molecule has 0 bridgehead atoms. The molecule has 1 atom stereocenters. The van der Waals surface area contributed by atoms with Crippen LogP contribution in [0.15, 0.2) is 12.1 Å². The minimum absolute atomic E-state index is 0.0120. The normalized spacial score (nSPS) is 11.9. The molecule has 0 radical (unpaired) electrons. The van der Waals surface area contributed by atoms with Crippen LogP contribution in [0.2, 0.25) is 0 Å². The molecule has 2 N–H and O–H groups in total. The third kappa shape index (κ3) is 3.44. The number of Topliss-reactive ketones (excluding diaryl/α,β-unsaturated/α-hetero) is 1. The van der Waals surface area contributed by atoms with Gasteiger partial charge in [0.15, 0.2) is 5.78 Å². The second-order valence-corrected chi connectivity index (χ2v) is 4.54. The SMILES string of the molecule is C#CCC(N)C(=O)Cc1c(C)cc(C)cc1C. The molecule has 0 saturated carbocycles. The van der Waals surface area contributed by atoms with Crippen LogP contribution in [0.1, 0.15) is 28.7 Å². The number of aryl methyl sites for hydroxylation is 3. The summed E-state index contributed by atoms with van der Waals surface area (Å²) in [6, 6.07) is 3.63. The van der Waals surface area contributed by atoms with E-state index >= 15 is 0 Å². The summed E-state index contributed by atoms with van der Waals surface area (Å²) in [6.07, 6.45) is 5.84. The van der Waals surface area contributed by atoms with E-state index < -0.39 is 6.04 Å². The summed E-state index contributed by atoms with van der Waals surface area (Å²) in [5.74, 6) is 2.44. The molecule has 0 heterocycles. The highest BCUT2D eigenvalue weighted by Crippen LogP contribution is 2.17. The Morgan fingerprint density at radius 3 is 2.35 bits per heavy atom. The van der Waals surface area contributed by atoms with Crippen molar-refractivity contribution in [2.75, 3.05) is 0 Å². The van der Waals surface area contributed by atoms with Gasteiger partial charge < -0.3 is 5.73 Å². The van der Waals surface area contributed by atoms with Crippen LogP contribution < -0.4 is 5.73 Å². The summed E-state index contributed by atoms with van der Waals surface area (Å²) >= 11 is 0. The molecule has 1 aromatic carbocycles. The van der Waals surface area contributed by atoms with Crippen molar-refractivity contribution in [3.05, 3.63) is 34.4 Å². The fourth-order valence-electron chi connectivity index (χ4n) is 2.03. The minimum Gasteiger partial charge on any atom is -0.321 e. The number of hydrogen-bond acceptors (Lipinski definition) is 2. The molecular weight excluding hydrogens is 210 g/mol. The van der Waals surface area contributed by atoms with Crippen LogP contribution in [-0.2, 0) is 11.2 Å². The Morgan fingerprint density at radius 2 is 1.88 bits per heavy atom. The third-order valence-corrected chi connectivity index (χ3v) is 2.94. The Labute approximate surface area is 103 Å². The average Bonchev–Trinajstić information content (AvgIpc) is 2.23. The van der Waals surface area contributed by atoms with Crippen molar-refractivity contribution in [1.29, 1.82) is 0 Å². The molecule has 1 rings (SSSR count). The van der Waals surface area contributed by atoms with E-state index in [9.17, 15) is 4.79 Å². The van der Waals surface area contributed by atoms with Gasteiger partial charge in [0.05, 0.1) is 6.04 Å². The van der Waals surface area contributed by atoms with Crippen molar-refractivity contribution >= 4 is 5.78 Å². The zero-order chi connectivity index (χ0) is 13.0. The van der Waals surface area contributed by atoms with Crippen molar-refractivity contribution in [1.82, 2.24) is 0 Å². The van der Waals surface area contributed by atoms with Crippen molar-refractivity contribution in [3.8, 4) is 12.3 Å². The molecule has 0 aliphatic heterocycles. The molecule has 1 aromatic rings. The number of nitrogens with two attached hydrogens (primary N) is 1. The zero-order valence-corrected chi connectivity index (χ0v) is 10.7. The van der Waals surface area contributed by atoms with Gasteiger partial charge in [-0.05, 0) is 37.5 Å². The summed E-state index contributed by atoms with van der Waals surface area (Å²) < 4.78 is 0. The number of terminal acetylenes is 1. The van der Waals surface area contributed by atoms with E-state index in [4.69, 9.17) is 12.2 Å². The smallest absolute Gasteiger partial charge is 0.154 e. The van der Waals surface area contributed by atoms with E-state index in [2.05, 4.69) is 25.0 Å². The maximum absolute atomic E-state index is 11.9. The van der Waals surface area contributed by atoms with Gasteiger partial charge in [-0.3, -0.25) is 4.79 Å². The van der Waals surface area contributed by atoms with Gasteiger partial charge in [-0.25, -0.2) is 0 Å². The zero-order valence-electron chi connectivity index (χ0n) is 10.7. The topological polar surface area (TPSA) is 43.1 Å². The van der Waals surface area contributed by atoms with Gasteiger partial charge in [-0.1, -0.05) is 17.7 Å². The van der Waals surface area contributed by atoms with E-state index in [-0.39, 0.29) is 5.78 Å². The Morgan fingerprint density at radius 1 is 1.35 bits per heavy atom. The number of benzene rings is 1. The predicted octanol–water partition coefficient (Wildman–Crippen LogP) is 2.07. The number of carbonyl (C=O) groups is 1. The van der Waals surface area contributed by atoms with E-state index in [1.54, 1.807) is 0 Å². The number of ketones is 1. The lowest BCUT2D eigenvalue weighted by atomic mass is 9.93. The average molecular weight is 229 g/mol. The largest absolute Gasteiger partial charge is 0.321 e.